The van der Waals surface area contributed by atoms with Crippen molar-refractivity contribution in [1.82, 2.24) is 4.98 Å². The number of nitriles is 1. The fourth-order valence-electron chi connectivity index (χ4n) is 2.65. The molecule has 22 heavy (non-hydrogen) atoms. The highest BCUT2D eigenvalue weighted by Crippen LogP contribution is 2.34. The maximum atomic E-state index is 9.97. The minimum Gasteiger partial charge on any atom is -0.264 e. The maximum Gasteiger partial charge on any atom is 0.0863 e. The van der Waals surface area contributed by atoms with Gasteiger partial charge in [-0.25, -0.2) is 0 Å². The van der Waals surface area contributed by atoms with Crippen LogP contribution in [0.1, 0.15) is 37.8 Å². The Morgan fingerprint density at radius 2 is 1.95 bits per heavy atom. The van der Waals surface area contributed by atoms with Crippen LogP contribution < -0.4 is 0 Å². The highest BCUT2D eigenvalue weighted by atomic mass is 35.5. The fraction of sp³-hybridized carbons (Fsp3) is 0.368. The zero-order valence-electron chi connectivity index (χ0n) is 13.1. The Labute approximate surface area is 137 Å². The summed E-state index contributed by atoms with van der Waals surface area (Å²) in [6, 6.07) is 14.2. The van der Waals surface area contributed by atoms with Gasteiger partial charge in [-0.15, -0.1) is 0 Å². The van der Waals surface area contributed by atoms with E-state index in [0.29, 0.717) is 17.4 Å². The van der Waals surface area contributed by atoms with Crippen molar-refractivity contribution in [2.24, 2.45) is 5.92 Å². The monoisotopic (exact) mass is 312 g/mol. The molecule has 0 aliphatic rings. The number of hydrogen-bond acceptors (Lipinski definition) is 2. The van der Waals surface area contributed by atoms with Crippen molar-refractivity contribution >= 4 is 11.6 Å². The van der Waals surface area contributed by atoms with Crippen LogP contribution in [0.2, 0.25) is 5.02 Å². The van der Waals surface area contributed by atoms with E-state index in [1.54, 1.807) is 6.20 Å². The third-order valence-corrected chi connectivity index (χ3v) is 4.24. The predicted octanol–water partition coefficient (Wildman–Crippen LogP) is 5.18. The largest absolute Gasteiger partial charge is 0.264 e. The van der Waals surface area contributed by atoms with Gasteiger partial charge in [-0.1, -0.05) is 43.6 Å². The maximum absolute atomic E-state index is 9.97. The van der Waals surface area contributed by atoms with Gasteiger partial charge in [0.05, 0.1) is 11.5 Å². The smallest absolute Gasteiger partial charge is 0.0863 e. The molecule has 2 rings (SSSR count). The summed E-state index contributed by atoms with van der Waals surface area (Å²) in [6.45, 7) is 4.38. The first-order valence-corrected chi connectivity index (χ1v) is 8.00. The number of nitrogens with zero attached hydrogens (tertiary/aromatic N) is 2. The van der Waals surface area contributed by atoms with Crippen molar-refractivity contribution in [2.75, 3.05) is 0 Å². The molecular formula is C19H21ClN2. The normalized spacial score (nSPS) is 13.6. The van der Waals surface area contributed by atoms with E-state index in [1.165, 1.54) is 0 Å². The molecule has 0 aliphatic heterocycles. The molecule has 2 nitrogen and oxygen atoms in total. The molecule has 0 bridgehead atoms. The zero-order chi connectivity index (χ0) is 16.0. The van der Waals surface area contributed by atoms with Crippen molar-refractivity contribution in [1.29, 1.82) is 5.26 Å². The average Bonchev–Trinajstić information content (AvgIpc) is 2.53. The van der Waals surface area contributed by atoms with Crippen molar-refractivity contribution in [2.45, 2.75) is 38.5 Å². The average molecular weight is 313 g/mol. The Morgan fingerprint density at radius 1 is 1.23 bits per heavy atom. The standard InChI is InChI=1S/C19H21ClN2/c1-15(2)9-10-19(14-21,12-16-4-3-11-22-13-16)17-5-7-18(20)8-6-17/h3-8,11,13,15H,9-10,12H2,1-2H3. The second-order valence-corrected chi connectivity index (χ2v) is 6.61. The van der Waals surface area contributed by atoms with Crippen LogP contribution in [-0.2, 0) is 11.8 Å². The summed E-state index contributed by atoms with van der Waals surface area (Å²) in [5.74, 6) is 0.564. The van der Waals surface area contributed by atoms with Gasteiger partial charge in [0.1, 0.15) is 0 Å². The second-order valence-electron chi connectivity index (χ2n) is 6.17. The van der Waals surface area contributed by atoms with Gasteiger partial charge in [0.25, 0.3) is 0 Å². The van der Waals surface area contributed by atoms with Crippen LogP contribution in [-0.4, -0.2) is 4.98 Å². The molecule has 0 amide bonds. The van der Waals surface area contributed by atoms with Gasteiger partial charge in [-0.05, 0) is 54.5 Å². The molecule has 0 fully saturated rings. The topological polar surface area (TPSA) is 36.7 Å². The van der Waals surface area contributed by atoms with Crippen molar-refractivity contribution < 1.29 is 0 Å². The minimum atomic E-state index is -0.530. The molecule has 1 atom stereocenters. The Kier molecular flexibility index (Phi) is 5.57. The summed E-state index contributed by atoms with van der Waals surface area (Å²) in [7, 11) is 0. The van der Waals surface area contributed by atoms with Gasteiger partial charge in [0.2, 0.25) is 0 Å². The molecule has 114 valence electrons. The number of pyridine rings is 1. The van der Waals surface area contributed by atoms with E-state index in [4.69, 9.17) is 11.6 Å². The molecule has 0 saturated heterocycles. The third-order valence-electron chi connectivity index (χ3n) is 3.99. The molecule has 0 N–H and O–H groups in total. The SMILES string of the molecule is CC(C)CCC(C#N)(Cc1cccnc1)c1ccc(Cl)cc1. The zero-order valence-corrected chi connectivity index (χ0v) is 13.8. The lowest BCUT2D eigenvalue weighted by molar-refractivity contribution is 0.429. The van der Waals surface area contributed by atoms with Crippen LogP contribution in [0.4, 0.5) is 0 Å². The molecule has 1 unspecified atom stereocenters. The van der Waals surface area contributed by atoms with E-state index in [-0.39, 0.29) is 0 Å². The van der Waals surface area contributed by atoms with Gasteiger partial charge < -0.3 is 0 Å². The van der Waals surface area contributed by atoms with Crippen LogP contribution in [0.15, 0.2) is 48.8 Å². The lowest BCUT2D eigenvalue weighted by Gasteiger charge is -2.28. The summed E-state index contributed by atoms with van der Waals surface area (Å²) in [6.07, 6.45) is 6.12. The Morgan fingerprint density at radius 3 is 2.50 bits per heavy atom. The van der Waals surface area contributed by atoms with Gasteiger partial charge >= 0.3 is 0 Å². The summed E-state index contributed by atoms with van der Waals surface area (Å²) >= 11 is 6.00. The molecule has 3 heteroatoms. The van der Waals surface area contributed by atoms with Gasteiger partial charge in [-0.3, -0.25) is 4.98 Å². The van der Waals surface area contributed by atoms with E-state index >= 15 is 0 Å². The van der Waals surface area contributed by atoms with Crippen LogP contribution >= 0.6 is 11.6 Å². The summed E-state index contributed by atoms with van der Waals surface area (Å²) < 4.78 is 0. The number of aromatic nitrogens is 1. The first kappa shape index (κ1) is 16.5. The van der Waals surface area contributed by atoms with Crippen LogP contribution in [0.25, 0.3) is 0 Å². The number of halogens is 1. The first-order chi connectivity index (χ1) is 10.6. The number of benzene rings is 1. The Bertz CT molecular complexity index is 629. The van der Waals surface area contributed by atoms with Crippen molar-refractivity contribution in [3.63, 3.8) is 0 Å². The molecule has 1 aromatic heterocycles. The van der Waals surface area contributed by atoms with Crippen LogP contribution in [0, 0.1) is 17.2 Å². The lowest BCUT2D eigenvalue weighted by atomic mass is 9.73. The van der Waals surface area contributed by atoms with Crippen molar-refractivity contribution in [3.8, 4) is 6.07 Å². The minimum absolute atomic E-state index is 0.530. The van der Waals surface area contributed by atoms with E-state index in [2.05, 4.69) is 24.9 Å². The molecule has 0 radical (unpaired) electrons. The molecule has 0 spiro atoms. The summed E-state index contributed by atoms with van der Waals surface area (Å²) in [5.41, 5.74) is 1.59. The van der Waals surface area contributed by atoms with E-state index in [9.17, 15) is 5.26 Å². The summed E-state index contributed by atoms with van der Waals surface area (Å²) in [5, 5.41) is 10.7. The van der Waals surface area contributed by atoms with Crippen LogP contribution in [0.5, 0.6) is 0 Å². The molecule has 2 aromatic rings. The second kappa shape index (κ2) is 7.42. The van der Waals surface area contributed by atoms with E-state index in [1.807, 2.05) is 42.6 Å². The molecule has 0 saturated carbocycles. The highest BCUT2D eigenvalue weighted by molar-refractivity contribution is 6.30. The first-order valence-electron chi connectivity index (χ1n) is 7.62. The number of hydrogen-bond donors (Lipinski definition) is 0. The molecule has 1 heterocycles. The van der Waals surface area contributed by atoms with Crippen LogP contribution in [0.3, 0.4) is 0 Å². The Balaban J connectivity index is 2.38. The highest BCUT2D eigenvalue weighted by Gasteiger charge is 2.32. The van der Waals surface area contributed by atoms with E-state index < -0.39 is 5.41 Å². The Hall–Kier alpha value is -1.85. The third kappa shape index (κ3) is 4.08. The van der Waals surface area contributed by atoms with Crippen molar-refractivity contribution in [3.05, 3.63) is 64.9 Å². The predicted molar refractivity (Wildman–Crippen MR) is 90.8 cm³/mol. The quantitative estimate of drug-likeness (QED) is 0.737. The molecule has 0 aliphatic carbocycles. The molecular weight excluding hydrogens is 292 g/mol. The van der Waals surface area contributed by atoms with Gasteiger partial charge in [0.15, 0.2) is 0 Å². The van der Waals surface area contributed by atoms with E-state index in [0.717, 1.165) is 24.0 Å². The fourth-order valence-corrected chi connectivity index (χ4v) is 2.78. The number of rotatable bonds is 6. The van der Waals surface area contributed by atoms with Gasteiger partial charge in [0, 0.05) is 17.4 Å². The summed E-state index contributed by atoms with van der Waals surface area (Å²) in [4.78, 5) is 4.18. The lowest BCUT2D eigenvalue weighted by Crippen LogP contribution is -2.28. The molecule has 1 aromatic carbocycles. The van der Waals surface area contributed by atoms with Gasteiger partial charge in [-0.2, -0.15) is 5.26 Å².